The van der Waals surface area contributed by atoms with Crippen molar-refractivity contribution < 1.29 is 19.1 Å². The summed E-state index contributed by atoms with van der Waals surface area (Å²) >= 11 is 0. The zero-order valence-electron chi connectivity index (χ0n) is 16.0. The maximum absolute atomic E-state index is 12.2. The fraction of sp³-hybridized carbons (Fsp3) is 0.381. The Balaban J connectivity index is 1.66. The third kappa shape index (κ3) is 4.45. The van der Waals surface area contributed by atoms with Crippen molar-refractivity contribution in [3.8, 4) is 17.1 Å². The first-order valence-corrected chi connectivity index (χ1v) is 8.96. The molecule has 1 saturated heterocycles. The quantitative estimate of drug-likeness (QED) is 0.765. The number of aromatic nitrogens is 1. The van der Waals surface area contributed by atoms with Gasteiger partial charge in [0.05, 0.1) is 18.3 Å². The number of amides is 1. The summed E-state index contributed by atoms with van der Waals surface area (Å²) in [5.41, 5.74) is 1.66. The van der Waals surface area contributed by atoms with Crippen LogP contribution in [0.2, 0.25) is 0 Å². The molecule has 3 rings (SSSR count). The Kier molecular flexibility index (Phi) is 5.17. The Labute approximate surface area is 159 Å². The van der Waals surface area contributed by atoms with Crippen LogP contribution in [0.4, 0.5) is 4.79 Å². The van der Waals surface area contributed by atoms with E-state index >= 15 is 0 Å². The summed E-state index contributed by atoms with van der Waals surface area (Å²) in [4.78, 5) is 29.3. The minimum absolute atomic E-state index is 0.0938. The number of hydrogen-bond donors (Lipinski definition) is 0. The van der Waals surface area contributed by atoms with Crippen LogP contribution < -0.4 is 4.74 Å². The lowest BCUT2D eigenvalue weighted by molar-refractivity contribution is -0.0548. The third-order valence-corrected chi connectivity index (χ3v) is 4.35. The maximum Gasteiger partial charge on any atom is 0.410 e. The molecule has 6 heteroatoms. The third-order valence-electron chi connectivity index (χ3n) is 4.35. The van der Waals surface area contributed by atoms with E-state index in [1.54, 1.807) is 23.1 Å². The van der Waals surface area contributed by atoms with Gasteiger partial charge in [0.25, 0.3) is 0 Å². The molecule has 1 aromatic carbocycles. The number of aldehydes is 1. The second-order valence-corrected chi connectivity index (χ2v) is 7.63. The summed E-state index contributed by atoms with van der Waals surface area (Å²) < 4.78 is 11.4. The molecule has 2 unspecified atom stereocenters. The van der Waals surface area contributed by atoms with Crippen molar-refractivity contribution in [3.63, 3.8) is 0 Å². The van der Waals surface area contributed by atoms with Gasteiger partial charge < -0.3 is 9.47 Å². The highest BCUT2D eigenvalue weighted by molar-refractivity contribution is 5.78. The highest BCUT2D eigenvalue weighted by atomic mass is 16.6. The summed E-state index contributed by atoms with van der Waals surface area (Å²) in [5, 5.41) is 0. The average molecular weight is 368 g/mol. The van der Waals surface area contributed by atoms with E-state index < -0.39 is 5.60 Å². The molecule has 1 fully saturated rings. The Bertz CT molecular complexity index is 844. The highest BCUT2D eigenvalue weighted by Crippen LogP contribution is 2.27. The van der Waals surface area contributed by atoms with Crippen LogP contribution in [0.3, 0.4) is 0 Å². The number of carbonyl (C=O) groups excluding carboxylic acids is 2. The van der Waals surface area contributed by atoms with Crippen LogP contribution in [0.15, 0.2) is 42.5 Å². The number of benzene rings is 1. The molecule has 2 atom stereocenters. The van der Waals surface area contributed by atoms with Gasteiger partial charge in [-0.15, -0.1) is 0 Å². The first-order valence-electron chi connectivity index (χ1n) is 8.96. The van der Waals surface area contributed by atoms with Crippen molar-refractivity contribution in [2.45, 2.75) is 45.4 Å². The number of ether oxygens (including phenoxy) is 2. The Hall–Kier alpha value is -2.89. The molecule has 1 aliphatic heterocycles. The summed E-state index contributed by atoms with van der Waals surface area (Å²) in [6, 6.07) is 12.7. The summed E-state index contributed by atoms with van der Waals surface area (Å²) in [7, 11) is 0. The number of hydrogen-bond acceptors (Lipinski definition) is 5. The van der Waals surface area contributed by atoms with Gasteiger partial charge in [0.1, 0.15) is 18.0 Å². The number of nitrogens with zero attached hydrogens (tertiary/aromatic N) is 2. The van der Waals surface area contributed by atoms with Crippen molar-refractivity contribution in [2.75, 3.05) is 6.54 Å². The lowest BCUT2D eigenvalue weighted by Crippen LogP contribution is -2.63. The van der Waals surface area contributed by atoms with E-state index in [1.807, 2.05) is 52.0 Å². The van der Waals surface area contributed by atoms with Gasteiger partial charge in [-0.3, -0.25) is 9.69 Å². The van der Waals surface area contributed by atoms with Gasteiger partial charge in [0.2, 0.25) is 5.88 Å². The maximum atomic E-state index is 12.2. The van der Waals surface area contributed by atoms with E-state index in [0.717, 1.165) is 17.5 Å². The molecule has 2 aromatic rings. The van der Waals surface area contributed by atoms with Crippen molar-refractivity contribution in [2.24, 2.45) is 0 Å². The molecule has 0 aliphatic carbocycles. The van der Waals surface area contributed by atoms with Crippen LogP contribution in [0.1, 0.15) is 38.1 Å². The van der Waals surface area contributed by atoms with Gasteiger partial charge in [-0.2, -0.15) is 0 Å². The molecule has 27 heavy (non-hydrogen) atoms. The van der Waals surface area contributed by atoms with E-state index in [1.165, 1.54) is 0 Å². The smallest absolute Gasteiger partial charge is 0.410 e. The lowest BCUT2D eigenvalue weighted by atomic mass is 10.0. The molecular formula is C21H24N2O4. The second kappa shape index (κ2) is 7.39. The van der Waals surface area contributed by atoms with Gasteiger partial charge in [-0.25, -0.2) is 9.78 Å². The van der Waals surface area contributed by atoms with Crippen LogP contribution in [-0.2, 0) is 4.74 Å². The standard InChI is InChI=1S/C21H24N2O4/c1-14-18(12-23(14)20(25)27-21(2,3)4)26-19-10-6-9-17(22-19)16-8-5-7-15(11-16)13-24/h5-11,13-14,18H,12H2,1-4H3. The Morgan fingerprint density at radius 3 is 2.63 bits per heavy atom. The van der Waals surface area contributed by atoms with Crippen molar-refractivity contribution in [1.29, 1.82) is 0 Å². The molecule has 0 saturated carbocycles. The molecule has 142 valence electrons. The fourth-order valence-electron chi connectivity index (χ4n) is 2.84. The molecule has 6 nitrogen and oxygen atoms in total. The van der Waals surface area contributed by atoms with E-state index in [9.17, 15) is 9.59 Å². The first-order chi connectivity index (χ1) is 12.8. The first kappa shape index (κ1) is 18.9. The topological polar surface area (TPSA) is 68.7 Å². The van der Waals surface area contributed by atoms with Crippen molar-refractivity contribution in [1.82, 2.24) is 9.88 Å². The predicted molar refractivity (Wildman–Crippen MR) is 102 cm³/mol. The highest BCUT2D eigenvalue weighted by Gasteiger charge is 2.42. The average Bonchev–Trinajstić information content (AvgIpc) is 2.63. The van der Waals surface area contributed by atoms with Gasteiger partial charge in [-0.1, -0.05) is 24.3 Å². The van der Waals surface area contributed by atoms with E-state index in [4.69, 9.17) is 9.47 Å². The van der Waals surface area contributed by atoms with E-state index in [-0.39, 0.29) is 18.2 Å². The van der Waals surface area contributed by atoms with Crippen LogP contribution in [0.25, 0.3) is 11.3 Å². The molecule has 1 amide bonds. The summed E-state index contributed by atoms with van der Waals surface area (Å²) in [6.45, 7) is 7.92. The predicted octanol–water partition coefficient (Wildman–Crippen LogP) is 3.95. The molecule has 0 radical (unpaired) electrons. The molecular weight excluding hydrogens is 344 g/mol. The second-order valence-electron chi connectivity index (χ2n) is 7.63. The molecule has 0 N–H and O–H groups in total. The molecule has 2 heterocycles. The van der Waals surface area contributed by atoms with Crippen molar-refractivity contribution >= 4 is 12.4 Å². The van der Waals surface area contributed by atoms with Gasteiger partial charge in [-0.05, 0) is 39.8 Å². The molecule has 1 aliphatic rings. The Morgan fingerprint density at radius 2 is 1.96 bits per heavy atom. The van der Waals surface area contributed by atoms with Gasteiger partial charge in [0.15, 0.2) is 0 Å². The summed E-state index contributed by atoms with van der Waals surface area (Å²) in [5.74, 6) is 0.490. The monoisotopic (exact) mass is 368 g/mol. The minimum atomic E-state index is -0.519. The normalized spacial score (nSPS) is 19.2. The van der Waals surface area contributed by atoms with Crippen LogP contribution in [-0.4, -0.2) is 46.6 Å². The number of pyridine rings is 1. The fourth-order valence-corrected chi connectivity index (χ4v) is 2.84. The molecule has 0 spiro atoms. The van der Waals surface area contributed by atoms with Crippen LogP contribution in [0, 0.1) is 0 Å². The van der Waals surface area contributed by atoms with Crippen LogP contribution >= 0.6 is 0 Å². The van der Waals surface area contributed by atoms with Crippen molar-refractivity contribution in [3.05, 3.63) is 48.0 Å². The molecule has 1 aromatic heterocycles. The largest absolute Gasteiger partial charge is 0.470 e. The summed E-state index contributed by atoms with van der Waals surface area (Å²) in [6.07, 6.45) is 0.342. The minimum Gasteiger partial charge on any atom is -0.470 e. The lowest BCUT2D eigenvalue weighted by Gasteiger charge is -2.45. The molecule has 0 bridgehead atoms. The van der Waals surface area contributed by atoms with E-state index in [2.05, 4.69) is 4.98 Å². The van der Waals surface area contributed by atoms with Crippen LogP contribution in [0.5, 0.6) is 5.88 Å². The number of rotatable bonds is 4. The number of likely N-dealkylation sites (tertiary alicyclic amines) is 1. The SMILES string of the molecule is CC1C(Oc2cccc(-c3cccc(C=O)c3)n2)CN1C(=O)OC(C)(C)C. The zero-order valence-corrected chi connectivity index (χ0v) is 16.0. The van der Waals surface area contributed by atoms with Gasteiger partial charge in [0, 0.05) is 17.2 Å². The van der Waals surface area contributed by atoms with E-state index in [0.29, 0.717) is 18.0 Å². The Morgan fingerprint density at radius 1 is 1.22 bits per heavy atom. The number of carbonyl (C=O) groups is 2. The zero-order chi connectivity index (χ0) is 19.6. The van der Waals surface area contributed by atoms with Gasteiger partial charge >= 0.3 is 6.09 Å².